The Morgan fingerprint density at radius 2 is 1.89 bits per heavy atom. The van der Waals surface area contributed by atoms with E-state index in [0.717, 1.165) is 0 Å². The van der Waals surface area contributed by atoms with Crippen LogP contribution in [0.5, 0.6) is 0 Å². The molecule has 0 aliphatic heterocycles. The average Bonchev–Trinajstić information content (AvgIpc) is 2.70. The summed E-state index contributed by atoms with van der Waals surface area (Å²) in [6.45, 7) is 11.2. The SMILES string of the molecule is C[SiH](C)OC(c1ccc2cc[nH]c2c1)C(C)(C)C. The lowest BCUT2D eigenvalue weighted by Gasteiger charge is -2.33. The molecule has 1 N–H and O–H groups in total. The zero-order chi connectivity index (χ0) is 13.3. The Morgan fingerprint density at radius 1 is 1.17 bits per heavy atom. The van der Waals surface area contributed by atoms with Crippen molar-refractivity contribution in [1.82, 2.24) is 4.98 Å². The van der Waals surface area contributed by atoms with E-state index in [2.05, 4.69) is 63.1 Å². The van der Waals surface area contributed by atoms with Gasteiger partial charge in [0.1, 0.15) is 0 Å². The van der Waals surface area contributed by atoms with Crippen molar-refractivity contribution in [2.75, 3.05) is 0 Å². The summed E-state index contributed by atoms with van der Waals surface area (Å²) in [4.78, 5) is 3.28. The lowest BCUT2D eigenvalue weighted by Crippen LogP contribution is -2.25. The molecule has 0 saturated carbocycles. The molecule has 2 rings (SSSR count). The Hall–Kier alpha value is -1.06. The molecule has 1 heterocycles. The molecule has 98 valence electrons. The molecular formula is C15H23NOSi. The van der Waals surface area contributed by atoms with Crippen molar-refractivity contribution in [2.24, 2.45) is 5.41 Å². The van der Waals surface area contributed by atoms with E-state index in [-0.39, 0.29) is 11.5 Å². The van der Waals surface area contributed by atoms with Crippen LogP contribution in [-0.2, 0) is 4.43 Å². The van der Waals surface area contributed by atoms with Gasteiger partial charge in [-0.25, -0.2) is 0 Å². The number of fused-ring (bicyclic) bond motifs is 1. The van der Waals surface area contributed by atoms with E-state index in [1.54, 1.807) is 0 Å². The Morgan fingerprint density at radius 3 is 2.50 bits per heavy atom. The minimum absolute atomic E-state index is 0.123. The zero-order valence-electron chi connectivity index (χ0n) is 11.9. The van der Waals surface area contributed by atoms with Gasteiger partial charge in [-0.05, 0) is 41.6 Å². The second kappa shape index (κ2) is 4.90. The van der Waals surface area contributed by atoms with Crippen molar-refractivity contribution in [2.45, 2.75) is 40.0 Å². The molecule has 0 aliphatic carbocycles. The highest BCUT2D eigenvalue weighted by molar-refractivity contribution is 6.48. The molecule has 0 bridgehead atoms. The molecule has 3 heteroatoms. The number of nitrogens with one attached hydrogen (secondary N) is 1. The second-order valence-corrected chi connectivity index (χ2v) is 8.62. The van der Waals surface area contributed by atoms with Crippen LogP contribution in [0.3, 0.4) is 0 Å². The third-order valence-electron chi connectivity index (χ3n) is 3.08. The van der Waals surface area contributed by atoms with Crippen LogP contribution in [0.4, 0.5) is 0 Å². The summed E-state index contributed by atoms with van der Waals surface area (Å²) >= 11 is 0. The van der Waals surface area contributed by atoms with E-state index in [0.29, 0.717) is 0 Å². The molecule has 0 saturated heterocycles. The molecule has 2 aromatic rings. The van der Waals surface area contributed by atoms with Gasteiger partial charge in [0, 0.05) is 11.7 Å². The van der Waals surface area contributed by atoms with Gasteiger partial charge in [-0.1, -0.05) is 32.9 Å². The topological polar surface area (TPSA) is 25.0 Å². The highest BCUT2D eigenvalue weighted by atomic mass is 28.3. The third kappa shape index (κ3) is 2.84. The van der Waals surface area contributed by atoms with Crippen LogP contribution >= 0.6 is 0 Å². The Balaban J connectivity index is 2.40. The first-order valence-electron chi connectivity index (χ1n) is 6.60. The Kier molecular flexibility index (Phi) is 3.64. The van der Waals surface area contributed by atoms with Gasteiger partial charge in [-0.3, -0.25) is 0 Å². The first-order chi connectivity index (χ1) is 8.38. The van der Waals surface area contributed by atoms with E-state index in [9.17, 15) is 0 Å². The van der Waals surface area contributed by atoms with E-state index in [4.69, 9.17) is 4.43 Å². The highest BCUT2D eigenvalue weighted by Gasteiger charge is 2.28. The number of hydrogen-bond donors (Lipinski definition) is 1. The Bertz CT molecular complexity index is 525. The fourth-order valence-corrected chi connectivity index (χ4v) is 3.39. The minimum Gasteiger partial charge on any atom is -0.413 e. The number of aromatic amines is 1. The summed E-state index contributed by atoms with van der Waals surface area (Å²) in [6.07, 6.45) is 2.16. The number of rotatable bonds is 3. The monoisotopic (exact) mass is 261 g/mol. The average molecular weight is 261 g/mol. The predicted octanol–water partition coefficient (Wildman–Crippen LogP) is 4.26. The summed E-state index contributed by atoms with van der Waals surface area (Å²) < 4.78 is 6.25. The van der Waals surface area contributed by atoms with Gasteiger partial charge in [0.2, 0.25) is 0 Å². The van der Waals surface area contributed by atoms with Crippen molar-refractivity contribution >= 4 is 19.9 Å². The van der Waals surface area contributed by atoms with Gasteiger partial charge < -0.3 is 9.41 Å². The van der Waals surface area contributed by atoms with Crippen molar-refractivity contribution in [3.63, 3.8) is 0 Å². The number of H-pyrrole nitrogens is 1. The molecule has 0 radical (unpaired) electrons. The lowest BCUT2D eigenvalue weighted by molar-refractivity contribution is 0.0867. The van der Waals surface area contributed by atoms with Gasteiger partial charge in [-0.15, -0.1) is 0 Å². The van der Waals surface area contributed by atoms with Gasteiger partial charge in [0.15, 0.2) is 9.04 Å². The smallest absolute Gasteiger partial charge is 0.171 e. The maximum atomic E-state index is 6.25. The van der Waals surface area contributed by atoms with Gasteiger partial charge in [-0.2, -0.15) is 0 Å². The van der Waals surface area contributed by atoms with Crippen LogP contribution in [0.1, 0.15) is 32.4 Å². The van der Waals surface area contributed by atoms with E-state index >= 15 is 0 Å². The summed E-state index contributed by atoms with van der Waals surface area (Å²) in [7, 11) is -1.06. The van der Waals surface area contributed by atoms with Crippen molar-refractivity contribution < 1.29 is 4.43 Å². The lowest BCUT2D eigenvalue weighted by atomic mass is 9.84. The normalized spacial score (nSPS) is 14.3. The summed E-state index contributed by atoms with van der Waals surface area (Å²) in [5, 5.41) is 1.26. The highest BCUT2D eigenvalue weighted by Crippen LogP contribution is 2.37. The van der Waals surface area contributed by atoms with Crippen LogP contribution in [0.25, 0.3) is 10.9 Å². The van der Waals surface area contributed by atoms with E-state index in [1.165, 1.54) is 16.5 Å². The van der Waals surface area contributed by atoms with Crippen LogP contribution in [0, 0.1) is 5.41 Å². The van der Waals surface area contributed by atoms with E-state index in [1.807, 2.05) is 6.20 Å². The van der Waals surface area contributed by atoms with Crippen LogP contribution < -0.4 is 0 Å². The summed E-state index contributed by atoms with van der Waals surface area (Å²) in [5.74, 6) is 0. The van der Waals surface area contributed by atoms with Crippen LogP contribution in [-0.4, -0.2) is 14.0 Å². The molecule has 18 heavy (non-hydrogen) atoms. The van der Waals surface area contributed by atoms with Crippen molar-refractivity contribution in [1.29, 1.82) is 0 Å². The van der Waals surface area contributed by atoms with E-state index < -0.39 is 9.04 Å². The quantitative estimate of drug-likeness (QED) is 0.821. The molecule has 1 unspecified atom stereocenters. The summed E-state index contributed by atoms with van der Waals surface area (Å²) in [6, 6.07) is 8.69. The molecule has 1 aromatic carbocycles. The number of aromatic nitrogens is 1. The van der Waals surface area contributed by atoms with Crippen LogP contribution in [0.15, 0.2) is 30.5 Å². The maximum Gasteiger partial charge on any atom is 0.171 e. The fraction of sp³-hybridized carbons (Fsp3) is 0.467. The molecular weight excluding hydrogens is 238 g/mol. The standard InChI is InChI=1S/C15H23NOSi/c1-15(2,3)14(17-18(4)5)12-7-6-11-8-9-16-13(11)10-12/h6-10,14,16,18H,1-5H3. The van der Waals surface area contributed by atoms with Crippen molar-refractivity contribution in [3.05, 3.63) is 36.0 Å². The predicted molar refractivity (Wildman–Crippen MR) is 80.5 cm³/mol. The largest absolute Gasteiger partial charge is 0.413 e. The third-order valence-corrected chi connectivity index (χ3v) is 3.89. The second-order valence-electron chi connectivity index (χ2n) is 6.26. The molecule has 0 spiro atoms. The molecule has 1 atom stereocenters. The molecule has 0 aliphatic rings. The first-order valence-corrected chi connectivity index (χ1v) is 9.38. The molecule has 2 nitrogen and oxygen atoms in total. The van der Waals surface area contributed by atoms with Crippen molar-refractivity contribution in [3.8, 4) is 0 Å². The molecule has 1 aromatic heterocycles. The molecule has 0 amide bonds. The van der Waals surface area contributed by atoms with Gasteiger partial charge in [0.05, 0.1) is 6.10 Å². The number of benzene rings is 1. The van der Waals surface area contributed by atoms with Gasteiger partial charge in [0.25, 0.3) is 0 Å². The fourth-order valence-electron chi connectivity index (χ4n) is 2.28. The molecule has 0 fully saturated rings. The minimum atomic E-state index is -1.06. The zero-order valence-corrected chi connectivity index (χ0v) is 13.1. The maximum absolute atomic E-state index is 6.25. The summed E-state index contributed by atoms with van der Waals surface area (Å²) in [5.41, 5.74) is 2.59. The Labute approximate surface area is 111 Å². The number of hydrogen-bond acceptors (Lipinski definition) is 1. The first kappa shape index (κ1) is 13.4. The van der Waals surface area contributed by atoms with Crippen LogP contribution in [0.2, 0.25) is 13.1 Å². The van der Waals surface area contributed by atoms with Gasteiger partial charge >= 0.3 is 0 Å².